The van der Waals surface area contributed by atoms with Gasteiger partial charge in [-0.2, -0.15) is 0 Å². The number of hydrogen-bond acceptors (Lipinski definition) is 3. The third-order valence-corrected chi connectivity index (χ3v) is 3.51. The molecule has 0 fully saturated rings. The predicted octanol–water partition coefficient (Wildman–Crippen LogP) is 2.22. The first-order valence-electron chi connectivity index (χ1n) is 3.70. The molecule has 1 amide bonds. The van der Waals surface area contributed by atoms with Crippen LogP contribution >= 0.6 is 23.1 Å². The fraction of sp³-hybridized carbons (Fsp3) is 0.375. The van der Waals surface area contributed by atoms with Crippen LogP contribution in [0.5, 0.6) is 0 Å². The van der Waals surface area contributed by atoms with Gasteiger partial charge in [0.15, 0.2) is 0 Å². The first-order valence-corrected chi connectivity index (χ1v) is 5.74. The highest BCUT2D eigenvalue weighted by Gasteiger charge is 2.06. The zero-order valence-electron chi connectivity index (χ0n) is 7.09. The van der Waals surface area contributed by atoms with Crippen molar-refractivity contribution in [2.24, 2.45) is 0 Å². The number of rotatable bonds is 3. The van der Waals surface area contributed by atoms with E-state index >= 15 is 0 Å². The number of nitrogens with one attached hydrogen (secondary N) is 1. The van der Waals surface area contributed by atoms with Crippen molar-refractivity contribution >= 4 is 29.0 Å². The maximum absolute atomic E-state index is 11.3. The number of carbonyl (C=O) groups excluding carboxylic acids is 1. The molecule has 0 unspecified atom stereocenters. The van der Waals surface area contributed by atoms with Gasteiger partial charge in [0.25, 0.3) is 5.91 Å². The number of thioether (sulfide) groups is 1. The smallest absolute Gasteiger partial charge is 0.261 e. The van der Waals surface area contributed by atoms with Gasteiger partial charge < -0.3 is 5.32 Å². The number of hydrogen-bond donors (Lipinski definition) is 1. The van der Waals surface area contributed by atoms with Crippen LogP contribution in [0.25, 0.3) is 0 Å². The third-order valence-electron chi connectivity index (χ3n) is 1.34. The van der Waals surface area contributed by atoms with Gasteiger partial charge in [-0.05, 0) is 25.3 Å². The van der Waals surface area contributed by atoms with Crippen LogP contribution in [0.15, 0.2) is 16.3 Å². The Balaban J connectivity index is 2.68. The molecule has 2 nitrogen and oxygen atoms in total. The van der Waals surface area contributed by atoms with Crippen molar-refractivity contribution in [3.8, 4) is 0 Å². The maximum Gasteiger partial charge on any atom is 0.261 e. The Hall–Kier alpha value is -0.480. The highest BCUT2D eigenvalue weighted by Crippen LogP contribution is 2.24. The van der Waals surface area contributed by atoms with Crippen LogP contribution < -0.4 is 5.32 Å². The number of amides is 1. The number of thiophene rings is 1. The minimum atomic E-state index is 0.0304. The molecule has 0 radical (unpaired) electrons. The molecular formula is C8H11NOS2. The summed E-state index contributed by atoms with van der Waals surface area (Å²) < 4.78 is 1.18. The average Bonchev–Trinajstić information content (AvgIpc) is 2.52. The molecule has 0 spiro atoms. The van der Waals surface area contributed by atoms with Crippen molar-refractivity contribution < 1.29 is 4.79 Å². The van der Waals surface area contributed by atoms with E-state index in [0.29, 0.717) is 6.54 Å². The lowest BCUT2D eigenvalue weighted by atomic mass is 10.4. The molecule has 12 heavy (non-hydrogen) atoms. The molecule has 0 atom stereocenters. The number of carbonyl (C=O) groups is 1. The van der Waals surface area contributed by atoms with Gasteiger partial charge in [-0.1, -0.05) is 0 Å². The van der Waals surface area contributed by atoms with Crippen LogP contribution in [-0.4, -0.2) is 18.7 Å². The second-order valence-corrected chi connectivity index (χ2v) is 4.37. The van der Waals surface area contributed by atoms with E-state index in [1.54, 1.807) is 11.8 Å². The Kier molecular flexibility index (Phi) is 3.62. The van der Waals surface area contributed by atoms with Crippen LogP contribution in [0.3, 0.4) is 0 Å². The Morgan fingerprint density at radius 2 is 2.42 bits per heavy atom. The highest BCUT2D eigenvalue weighted by molar-refractivity contribution is 8.00. The largest absolute Gasteiger partial charge is 0.352 e. The standard InChI is InChI=1S/C8H11NOS2/c1-3-9-8(10)6-4-5-7(11-2)12-6/h4-5H,3H2,1-2H3,(H,9,10). The summed E-state index contributed by atoms with van der Waals surface area (Å²) in [7, 11) is 0. The molecule has 0 bridgehead atoms. The van der Waals surface area contributed by atoms with Crippen LogP contribution in [0.4, 0.5) is 0 Å². The maximum atomic E-state index is 11.3. The Morgan fingerprint density at radius 3 is 2.92 bits per heavy atom. The first-order chi connectivity index (χ1) is 5.77. The van der Waals surface area contributed by atoms with E-state index in [1.165, 1.54) is 15.5 Å². The lowest BCUT2D eigenvalue weighted by Gasteiger charge is -1.96. The van der Waals surface area contributed by atoms with Gasteiger partial charge in [-0.3, -0.25) is 4.79 Å². The van der Waals surface area contributed by atoms with Crippen molar-refractivity contribution in [1.29, 1.82) is 0 Å². The first kappa shape index (κ1) is 9.61. The molecule has 0 aliphatic heterocycles. The van der Waals surface area contributed by atoms with E-state index in [4.69, 9.17) is 0 Å². The summed E-state index contributed by atoms with van der Waals surface area (Å²) in [5.41, 5.74) is 0. The quantitative estimate of drug-likeness (QED) is 0.760. The minimum Gasteiger partial charge on any atom is -0.352 e. The fourth-order valence-electron chi connectivity index (χ4n) is 0.800. The van der Waals surface area contributed by atoms with Crippen LogP contribution in [0.1, 0.15) is 16.6 Å². The Labute approximate surface area is 80.4 Å². The zero-order chi connectivity index (χ0) is 8.97. The topological polar surface area (TPSA) is 29.1 Å². The summed E-state index contributed by atoms with van der Waals surface area (Å²) in [5.74, 6) is 0.0304. The fourth-order valence-corrected chi connectivity index (χ4v) is 2.26. The predicted molar refractivity (Wildman–Crippen MR) is 54.1 cm³/mol. The van der Waals surface area contributed by atoms with E-state index in [0.717, 1.165) is 4.88 Å². The van der Waals surface area contributed by atoms with E-state index in [-0.39, 0.29) is 5.91 Å². The molecule has 0 saturated carbocycles. The normalized spacial score (nSPS) is 9.83. The van der Waals surface area contributed by atoms with E-state index in [2.05, 4.69) is 5.32 Å². The van der Waals surface area contributed by atoms with Gasteiger partial charge in [-0.25, -0.2) is 0 Å². The lowest BCUT2D eigenvalue weighted by Crippen LogP contribution is -2.21. The summed E-state index contributed by atoms with van der Waals surface area (Å²) in [5, 5.41) is 2.76. The van der Waals surface area contributed by atoms with Gasteiger partial charge in [0, 0.05) is 6.54 Å². The SMILES string of the molecule is CCNC(=O)c1ccc(SC)s1. The van der Waals surface area contributed by atoms with E-state index in [9.17, 15) is 4.79 Å². The monoisotopic (exact) mass is 201 g/mol. The molecule has 1 aromatic rings. The molecule has 0 saturated heterocycles. The van der Waals surface area contributed by atoms with Gasteiger partial charge in [-0.15, -0.1) is 23.1 Å². The van der Waals surface area contributed by atoms with E-state index in [1.807, 2.05) is 25.3 Å². The Morgan fingerprint density at radius 1 is 1.67 bits per heavy atom. The minimum absolute atomic E-state index is 0.0304. The van der Waals surface area contributed by atoms with Crippen LogP contribution in [0, 0.1) is 0 Å². The second-order valence-electron chi connectivity index (χ2n) is 2.18. The lowest BCUT2D eigenvalue weighted by molar-refractivity contribution is 0.0960. The van der Waals surface area contributed by atoms with Crippen molar-refractivity contribution in [3.05, 3.63) is 17.0 Å². The molecule has 1 rings (SSSR count). The van der Waals surface area contributed by atoms with Gasteiger partial charge in [0.2, 0.25) is 0 Å². The third kappa shape index (κ3) is 2.25. The van der Waals surface area contributed by atoms with Crippen molar-refractivity contribution in [2.45, 2.75) is 11.1 Å². The molecule has 1 N–H and O–H groups in total. The van der Waals surface area contributed by atoms with Crippen LogP contribution in [-0.2, 0) is 0 Å². The molecule has 1 aromatic heterocycles. The summed E-state index contributed by atoms with van der Waals surface area (Å²) >= 11 is 3.20. The molecule has 0 aliphatic carbocycles. The molecule has 0 aliphatic rings. The van der Waals surface area contributed by atoms with Gasteiger partial charge in [0.1, 0.15) is 0 Å². The van der Waals surface area contributed by atoms with Gasteiger partial charge in [0.05, 0.1) is 9.09 Å². The summed E-state index contributed by atoms with van der Waals surface area (Å²) in [6.07, 6.45) is 2.01. The zero-order valence-corrected chi connectivity index (χ0v) is 8.72. The Bertz CT molecular complexity index is 270. The van der Waals surface area contributed by atoms with E-state index < -0.39 is 0 Å². The van der Waals surface area contributed by atoms with Crippen molar-refractivity contribution in [3.63, 3.8) is 0 Å². The van der Waals surface area contributed by atoms with Crippen molar-refractivity contribution in [1.82, 2.24) is 5.32 Å². The summed E-state index contributed by atoms with van der Waals surface area (Å²) in [6, 6.07) is 3.83. The average molecular weight is 201 g/mol. The second kappa shape index (κ2) is 4.52. The molecule has 4 heteroatoms. The molecular weight excluding hydrogens is 190 g/mol. The summed E-state index contributed by atoms with van der Waals surface area (Å²) in [6.45, 7) is 2.60. The van der Waals surface area contributed by atoms with Crippen molar-refractivity contribution in [2.75, 3.05) is 12.8 Å². The highest BCUT2D eigenvalue weighted by atomic mass is 32.2. The molecule has 1 heterocycles. The summed E-state index contributed by atoms with van der Waals surface area (Å²) in [4.78, 5) is 12.1. The molecule has 0 aromatic carbocycles. The van der Waals surface area contributed by atoms with Gasteiger partial charge >= 0.3 is 0 Å². The molecule has 66 valence electrons. The van der Waals surface area contributed by atoms with Crippen LogP contribution in [0.2, 0.25) is 0 Å².